The number of carbonyl (C=O) groups excluding carboxylic acids is 6. The Hall–Kier alpha value is -15.7. The van der Waals surface area contributed by atoms with Crippen LogP contribution in [-0.2, 0) is 28.8 Å². The van der Waals surface area contributed by atoms with Gasteiger partial charge in [-0.3, -0.25) is 28.8 Å². The summed E-state index contributed by atoms with van der Waals surface area (Å²) in [5.41, 5.74) is 5.95. The van der Waals surface area contributed by atoms with E-state index in [-0.39, 0.29) is 130 Å². The molecule has 12 aromatic heterocycles. The standard InChI is InChI=1S/6C17H22N6O/c6*1-11-5-6-23(15(24)8-18-3)9-14(11)22(4)17-13-7-12(2)21-16(13)19-10-20-17/h6*7,10-11,14H,5-6,8-9H2,1-2,4H3,(H,19,20,21)/t6*11-,14+/m111111/s1/i1D3,4D3,7D,8D2,11D,14D;1D3,7D,8D2,11D;7D,8D2,14D;7D,8D2,11D;1D3,7D,8D2;7D,8D2. The summed E-state index contributed by atoms with van der Waals surface area (Å²) in [5, 5.41) is 2.35. The number of anilines is 6. The Bertz CT molecular complexity index is 8660. The van der Waals surface area contributed by atoms with Gasteiger partial charge in [0.05, 0.1) is 79.5 Å². The summed E-state index contributed by atoms with van der Waals surface area (Å²) in [6.45, 7) is 29.1. The van der Waals surface area contributed by atoms with E-state index in [1.165, 1.54) is 70.1 Å². The molecule has 0 spiro atoms. The maximum Gasteiger partial charge on any atom is 0.302 e. The minimum Gasteiger partial charge on any atom is -0.354 e. The number of carbonyl (C=O) groups is 6. The summed E-state index contributed by atoms with van der Waals surface area (Å²) in [7, 11) is 8.47. The number of H-pyrrole nitrogens is 6. The predicted octanol–water partition coefficient (Wildman–Crippen LogP) is 11.2. The van der Waals surface area contributed by atoms with Crippen LogP contribution in [0, 0.1) is 116 Å². The van der Waals surface area contributed by atoms with Gasteiger partial charge >= 0.3 is 35.4 Å². The first-order chi connectivity index (χ1) is 82.6. The van der Waals surface area contributed by atoms with Gasteiger partial charge in [0, 0.05) is 175 Å². The van der Waals surface area contributed by atoms with Crippen LogP contribution in [0.5, 0.6) is 0 Å². The second kappa shape index (κ2) is 47.7. The molecule has 0 unspecified atom stereocenters. The van der Waals surface area contributed by atoms with Crippen LogP contribution in [0.3, 0.4) is 0 Å². The van der Waals surface area contributed by atoms with Crippen LogP contribution in [0.2, 0.25) is 0 Å². The van der Waals surface area contributed by atoms with Crippen molar-refractivity contribution in [1.82, 2.24) is 119 Å². The molecule has 0 aromatic carbocycles. The number of likely N-dealkylation sites (tertiary alicyclic amines) is 6. The lowest BCUT2D eigenvalue weighted by atomic mass is 9.92. The molecule has 0 aliphatic carbocycles. The number of aromatic amines is 6. The minimum absolute atomic E-state index is 0.0490. The van der Waals surface area contributed by atoms with Gasteiger partial charge in [0.25, 0.3) is 39.0 Å². The molecule has 18 heterocycles. The van der Waals surface area contributed by atoms with E-state index in [2.05, 4.69) is 126 Å². The molecule has 144 heavy (non-hydrogen) atoms. The lowest BCUT2D eigenvalue weighted by Crippen LogP contribution is -2.53. The molecule has 6 saturated heterocycles. The first-order valence-corrected chi connectivity index (χ1v) is 45.5. The second-order valence-corrected chi connectivity index (χ2v) is 35.0. The molecule has 42 heteroatoms. The zero-order chi connectivity index (χ0) is 134. The summed E-state index contributed by atoms with van der Waals surface area (Å²) in [5.74, 6) is -10.9. The summed E-state index contributed by atoms with van der Waals surface area (Å²) in [6.07, 6.45) is 8.40. The van der Waals surface area contributed by atoms with Crippen LogP contribution in [0.25, 0.3) is 95.3 Å². The van der Waals surface area contributed by atoms with Gasteiger partial charge in [0.2, 0.25) is 0 Å². The quantitative estimate of drug-likeness (QED) is 0.0435. The van der Waals surface area contributed by atoms with E-state index in [1.54, 1.807) is 70.5 Å². The lowest BCUT2D eigenvalue weighted by Gasteiger charge is -2.41. The highest BCUT2D eigenvalue weighted by Crippen LogP contribution is 2.38. The number of rotatable bonds is 18. The molecule has 6 fully saturated rings. The number of nitrogens with one attached hydrogen (secondary N) is 6. The molecule has 0 bridgehead atoms. The largest absolute Gasteiger partial charge is 0.354 e. The van der Waals surface area contributed by atoms with Crippen molar-refractivity contribution in [2.45, 2.75) is 158 Å². The fourth-order valence-electron chi connectivity index (χ4n) is 17.8. The summed E-state index contributed by atoms with van der Waals surface area (Å²) in [6, 6.07) is -5.67. The molecule has 0 saturated carbocycles. The average Bonchev–Trinajstić information content (AvgIpc) is 1.30. The van der Waals surface area contributed by atoms with Crippen LogP contribution >= 0.6 is 0 Å². The van der Waals surface area contributed by atoms with Crippen molar-refractivity contribution >= 4 is 137 Å². The van der Waals surface area contributed by atoms with Gasteiger partial charge in [0.1, 0.15) is 123 Å². The van der Waals surface area contributed by atoms with Crippen molar-refractivity contribution in [3.63, 3.8) is 0 Å². The number of piperidine rings is 6. The first-order valence-electron chi connectivity index (χ1n) is 63.0. The van der Waals surface area contributed by atoms with Crippen molar-refractivity contribution in [3.05, 3.63) is 177 Å². The third kappa shape index (κ3) is 24.5. The molecule has 42 nitrogen and oxygen atoms in total. The number of likely N-dealkylation sites (N-methyl/N-ethyl adjacent to an activating group) is 6. The van der Waals surface area contributed by atoms with Crippen molar-refractivity contribution in [1.29, 1.82) is 0 Å². The molecule has 756 valence electrons. The summed E-state index contributed by atoms with van der Waals surface area (Å²) < 4.78 is 282. The number of hydrogen-bond acceptors (Lipinski definition) is 24. The normalized spacial score (nSPS) is 27.9. The van der Waals surface area contributed by atoms with Gasteiger partial charge in [-0.2, -0.15) is 0 Å². The average molecular weight is 1990 g/mol. The highest BCUT2D eigenvalue weighted by atomic mass is 16.2. The van der Waals surface area contributed by atoms with Gasteiger partial charge in [-0.15, -0.1) is 0 Å². The molecule has 6 aliphatic heterocycles. The highest BCUT2D eigenvalue weighted by Gasteiger charge is 2.41. The second-order valence-electron chi connectivity index (χ2n) is 35.0. The molecular weight excluding hydrogens is 1830 g/mol. The van der Waals surface area contributed by atoms with Gasteiger partial charge in [-0.1, -0.05) is 41.3 Å². The van der Waals surface area contributed by atoms with Gasteiger partial charge < -0.3 is 118 Å². The third-order valence-electron chi connectivity index (χ3n) is 25.6. The van der Waals surface area contributed by atoms with Gasteiger partial charge in [0.15, 0.2) is 0 Å². The molecule has 6 aliphatic rings. The fraction of sp³-hybridized carbons (Fsp3) is 0.529. The number of amides is 6. The van der Waals surface area contributed by atoms with E-state index < -0.39 is 181 Å². The van der Waals surface area contributed by atoms with E-state index in [4.69, 9.17) is 86.0 Å². The van der Waals surface area contributed by atoms with E-state index in [9.17, 15) is 30.1 Å². The van der Waals surface area contributed by atoms with E-state index in [0.717, 1.165) is 11.2 Å². The Balaban J connectivity index is 0.000000175. The Morgan fingerprint density at radius 2 is 0.556 bits per heavy atom. The monoisotopic (exact) mass is 1990 g/mol. The number of aryl methyl sites for hydroxylation is 6. The predicted molar refractivity (Wildman–Crippen MR) is 556 cm³/mol. The van der Waals surface area contributed by atoms with Crippen LogP contribution in [0.4, 0.5) is 34.9 Å². The Morgan fingerprint density at radius 1 is 0.319 bits per heavy atom. The fourth-order valence-corrected chi connectivity index (χ4v) is 17.8. The first kappa shape index (κ1) is 67.6. The van der Waals surface area contributed by atoms with Gasteiger partial charge in [-0.05, 0) is 152 Å². The molecular formula is C102H132N36O6. The Kier molecular flexibility index (Phi) is 22.4. The van der Waals surface area contributed by atoms with Crippen molar-refractivity contribution < 1.29 is 76.7 Å². The SMILES string of the molecule is [2H]c1c(C)[nH]c2ncnc(N(C([2H])([2H])[2H])[C@@]3([2H])CN(C(=O)C([2H])([2H])[N+]#[C-])CC[C@@]3([2H])C([2H])([2H])[2H])c12.[2H]c1c(C)[nH]c2ncnc(N(C)[C@@]3([2H])CN(C(=O)C([2H])([2H])[N+]#[C-])CC[C@H]3C)c12.[2H]c1c(C)[nH]c2ncnc(N(C)[C@H]3CN(C(=O)C([2H])([2H])[N+]#[C-])CC[C@@]3([2H])C([2H])([2H])[2H])c12.[2H]c1c(C)[nH]c2ncnc(N(C)[C@H]3CN(C(=O)C([2H])([2H])[N+]#[C-])CC[C@@]3([2H])C)c12.[2H]c1c(C)[nH]c2ncnc(N(C)[C@H]3CN(C(=O)C([2H])([2H])[N+]#[C-])CC[C@H]3C([2H])([2H])[2H])c12.[2H]c1c(C)[nH]c2ncnc(N(C)[C@H]3CN(C(=O)C([2H])([2H])[N+]#[C-])CC[C@H]3C)c12. The zero-order valence-corrected chi connectivity index (χ0v) is 81.6. The Labute approximate surface area is 889 Å². The molecule has 18 rings (SSSR count). The number of fused-ring (bicyclic) bond motifs is 6. The van der Waals surface area contributed by atoms with Crippen LogP contribution in [0.15, 0.2) is 74.2 Å². The molecule has 6 N–H and O–H groups in total. The highest BCUT2D eigenvalue weighted by molar-refractivity contribution is 5.94. The maximum atomic E-state index is 12.7. The molecule has 6 amide bonds. The van der Waals surface area contributed by atoms with E-state index in [0.29, 0.717) is 161 Å². The van der Waals surface area contributed by atoms with Gasteiger partial charge in [-0.25, -0.2) is 99.2 Å². The van der Waals surface area contributed by atoms with Crippen LogP contribution in [0.1, 0.15) is 162 Å². The Morgan fingerprint density at radius 3 is 0.854 bits per heavy atom. The van der Waals surface area contributed by atoms with Crippen molar-refractivity contribution in [3.8, 4) is 0 Å². The topological polar surface area (TPSA) is 417 Å². The number of hydrogen-bond donors (Lipinski definition) is 6. The van der Waals surface area contributed by atoms with Crippen molar-refractivity contribution in [2.75, 3.05) is 189 Å². The van der Waals surface area contributed by atoms with E-state index in [1.807, 2.05) is 25.8 Å². The zero-order valence-electron chi connectivity index (χ0n) is 117. The summed E-state index contributed by atoms with van der Waals surface area (Å²) in [4.78, 5) is 175. The van der Waals surface area contributed by atoms with Crippen LogP contribution < -0.4 is 29.4 Å². The molecule has 0 radical (unpaired) electrons. The molecule has 12 aromatic rings. The smallest absolute Gasteiger partial charge is 0.302 e. The minimum atomic E-state index is -3.29. The van der Waals surface area contributed by atoms with E-state index >= 15 is 0 Å². The maximum absolute atomic E-state index is 12.7. The number of nitrogens with zero attached hydrogens (tertiary/aromatic N) is 30. The molecule has 12 atom stereocenters. The summed E-state index contributed by atoms with van der Waals surface area (Å²) >= 11 is 0. The van der Waals surface area contributed by atoms with Crippen molar-refractivity contribution in [2.24, 2.45) is 35.4 Å². The lowest BCUT2D eigenvalue weighted by molar-refractivity contribution is -0.131. The third-order valence-corrected chi connectivity index (χ3v) is 25.6. The number of aromatic nitrogens is 18. The van der Waals surface area contributed by atoms with Crippen LogP contribution in [-0.4, -0.2) is 350 Å².